The Bertz CT molecular complexity index is 940. The van der Waals surface area contributed by atoms with Crippen molar-refractivity contribution in [3.8, 4) is 11.4 Å². The van der Waals surface area contributed by atoms with Crippen molar-refractivity contribution in [3.05, 3.63) is 83.2 Å². The van der Waals surface area contributed by atoms with Gasteiger partial charge in [0.05, 0.1) is 5.56 Å². The van der Waals surface area contributed by atoms with Gasteiger partial charge in [0.15, 0.2) is 6.61 Å². The molecule has 1 heterocycles. The molecule has 0 aliphatic rings. The number of ether oxygens (including phenoxy) is 1. The fourth-order valence-corrected chi connectivity index (χ4v) is 2.91. The molecule has 5 heteroatoms. The van der Waals surface area contributed by atoms with Gasteiger partial charge in [-0.05, 0) is 56.3 Å². The number of aromatic nitrogens is 1. The van der Waals surface area contributed by atoms with E-state index in [4.69, 9.17) is 4.74 Å². The van der Waals surface area contributed by atoms with E-state index in [2.05, 4.69) is 0 Å². The molecule has 0 radical (unpaired) electrons. The number of aryl methyl sites for hydroxylation is 1. The monoisotopic (exact) mass is 349 g/mol. The molecule has 3 aromatic rings. The summed E-state index contributed by atoms with van der Waals surface area (Å²) in [6.45, 7) is 3.47. The summed E-state index contributed by atoms with van der Waals surface area (Å²) in [5, 5.41) is 9.25. The Balaban J connectivity index is 1.74. The molecule has 2 aromatic carbocycles. The van der Waals surface area contributed by atoms with Gasteiger partial charge in [0.2, 0.25) is 5.78 Å². The van der Waals surface area contributed by atoms with E-state index < -0.39 is 5.97 Å². The lowest BCUT2D eigenvalue weighted by molar-refractivity contribution is 0.0474. The highest BCUT2D eigenvalue weighted by molar-refractivity contribution is 6.00. The van der Waals surface area contributed by atoms with Crippen LogP contribution in [0.1, 0.15) is 32.1 Å². The van der Waals surface area contributed by atoms with Crippen LogP contribution in [0.15, 0.2) is 60.7 Å². The average molecular weight is 349 g/mol. The molecule has 1 N–H and O–H groups in total. The lowest BCUT2D eigenvalue weighted by Gasteiger charge is -2.09. The Morgan fingerprint density at radius 1 is 1.00 bits per heavy atom. The van der Waals surface area contributed by atoms with Crippen LogP contribution in [0.25, 0.3) is 5.69 Å². The number of benzene rings is 2. The Morgan fingerprint density at radius 2 is 1.65 bits per heavy atom. The summed E-state index contributed by atoms with van der Waals surface area (Å²) in [4.78, 5) is 24.5. The average Bonchev–Trinajstić information content (AvgIpc) is 2.95. The standard InChI is InChI=1S/C21H19NO4/c1-14-12-19(15(2)22(14)17-6-4-3-5-7-17)20(24)13-26-21(25)16-8-10-18(23)11-9-16/h3-12,23H,13H2,1-2H3. The second kappa shape index (κ2) is 7.27. The van der Waals surface area contributed by atoms with Crippen LogP contribution in [-0.4, -0.2) is 28.0 Å². The first-order valence-electron chi connectivity index (χ1n) is 8.21. The number of carbonyl (C=O) groups is 2. The summed E-state index contributed by atoms with van der Waals surface area (Å²) in [5.74, 6) is -0.798. The predicted octanol–water partition coefficient (Wildman–Crippen LogP) is 3.84. The third-order valence-corrected chi connectivity index (χ3v) is 4.18. The van der Waals surface area contributed by atoms with Crippen molar-refractivity contribution in [1.82, 2.24) is 4.57 Å². The maximum absolute atomic E-state index is 12.5. The minimum atomic E-state index is -0.602. The van der Waals surface area contributed by atoms with Crippen molar-refractivity contribution >= 4 is 11.8 Å². The number of hydrogen-bond acceptors (Lipinski definition) is 4. The number of phenols is 1. The molecule has 3 rings (SSSR count). The van der Waals surface area contributed by atoms with Gasteiger partial charge in [-0.1, -0.05) is 18.2 Å². The van der Waals surface area contributed by atoms with E-state index in [9.17, 15) is 14.7 Å². The number of para-hydroxylation sites is 1. The molecular formula is C21H19NO4. The van der Waals surface area contributed by atoms with Crippen LogP contribution < -0.4 is 0 Å². The third-order valence-electron chi connectivity index (χ3n) is 4.18. The molecule has 0 aliphatic heterocycles. The Morgan fingerprint density at radius 3 is 2.31 bits per heavy atom. The lowest BCUT2D eigenvalue weighted by Crippen LogP contribution is -2.15. The van der Waals surface area contributed by atoms with E-state index in [1.165, 1.54) is 24.3 Å². The van der Waals surface area contributed by atoms with Crippen LogP contribution >= 0.6 is 0 Å². The maximum atomic E-state index is 12.5. The quantitative estimate of drug-likeness (QED) is 0.561. The molecule has 5 nitrogen and oxygen atoms in total. The number of carbonyl (C=O) groups excluding carboxylic acids is 2. The van der Waals surface area contributed by atoms with Crippen LogP contribution in [0, 0.1) is 13.8 Å². The Labute approximate surface area is 151 Å². The van der Waals surface area contributed by atoms with E-state index in [-0.39, 0.29) is 23.7 Å². The fourth-order valence-electron chi connectivity index (χ4n) is 2.91. The molecule has 0 aliphatic carbocycles. The van der Waals surface area contributed by atoms with Gasteiger partial charge in [0, 0.05) is 22.6 Å². The molecule has 1 aromatic heterocycles. The maximum Gasteiger partial charge on any atom is 0.338 e. The molecule has 0 atom stereocenters. The third kappa shape index (κ3) is 3.52. The van der Waals surface area contributed by atoms with Crippen molar-refractivity contribution in [1.29, 1.82) is 0 Å². The molecule has 0 bridgehead atoms. The number of hydrogen-bond donors (Lipinski definition) is 1. The summed E-state index contributed by atoms with van der Waals surface area (Å²) in [5.41, 5.74) is 3.53. The Kier molecular flexibility index (Phi) is 4.89. The highest BCUT2D eigenvalue weighted by Gasteiger charge is 2.18. The number of nitrogens with zero attached hydrogens (tertiary/aromatic N) is 1. The molecule has 0 unspecified atom stereocenters. The summed E-state index contributed by atoms with van der Waals surface area (Å²) < 4.78 is 7.11. The van der Waals surface area contributed by atoms with Crippen LogP contribution in [-0.2, 0) is 4.74 Å². The number of phenolic OH excluding ortho intramolecular Hbond substituents is 1. The van der Waals surface area contributed by atoms with Gasteiger partial charge in [0.1, 0.15) is 5.75 Å². The topological polar surface area (TPSA) is 68.5 Å². The summed E-state index contributed by atoms with van der Waals surface area (Å²) in [6, 6.07) is 17.2. The molecule has 0 amide bonds. The van der Waals surface area contributed by atoms with E-state index in [1.54, 1.807) is 6.07 Å². The van der Waals surface area contributed by atoms with Crippen LogP contribution in [0.4, 0.5) is 0 Å². The largest absolute Gasteiger partial charge is 0.508 e. The number of rotatable bonds is 5. The van der Waals surface area contributed by atoms with E-state index in [0.29, 0.717) is 5.56 Å². The normalized spacial score (nSPS) is 10.5. The second-order valence-corrected chi connectivity index (χ2v) is 6.00. The molecule has 0 saturated heterocycles. The van der Waals surface area contributed by atoms with Gasteiger partial charge < -0.3 is 14.4 Å². The molecular weight excluding hydrogens is 330 g/mol. The van der Waals surface area contributed by atoms with Gasteiger partial charge in [0.25, 0.3) is 0 Å². The highest BCUT2D eigenvalue weighted by atomic mass is 16.5. The SMILES string of the molecule is Cc1cc(C(=O)COC(=O)c2ccc(O)cc2)c(C)n1-c1ccccc1. The number of Topliss-reactive ketones (excluding diaryl/α,β-unsaturated/α-hetero) is 1. The predicted molar refractivity (Wildman–Crippen MR) is 98.0 cm³/mol. The highest BCUT2D eigenvalue weighted by Crippen LogP contribution is 2.21. The number of aromatic hydroxyl groups is 1. The van der Waals surface area contributed by atoms with Gasteiger partial charge in [-0.15, -0.1) is 0 Å². The number of ketones is 1. The summed E-state index contributed by atoms with van der Waals surface area (Å²) in [7, 11) is 0. The van der Waals surface area contributed by atoms with Crippen LogP contribution in [0.5, 0.6) is 5.75 Å². The van der Waals surface area contributed by atoms with Crippen LogP contribution in [0.3, 0.4) is 0 Å². The molecule has 0 fully saturated rings. The minimum absolute atomic E-state index is 0.0611. The first kappa shape index (κ1) is 17.5. The van der Waals surface area contributed by atoms with Gasteiger partial charge in [-0.25, -0.2) is 4.79 Å². The van der Waals surface area contributed by atoms with Crippen molar-refractivity contribution < 1.29 is 19.4 Å². The van der Waals surface area contributed by atoms with Crippen LogP contribution in [0.2, 0.25) is 0 Å². The zero-order valence-corrected chi connectivity index (χ0v) is 14.6. The smallest absolute Gasteiger partial charge is 0.338 e. The van der Waals surface area contributed by atoms with E-state index in [1.807, 2.05) is 48.7 Å². The summed E-state index contributed by atoms with van der Waals surface area (Å²) in [6.07, 6.45) is 0. The zero-order chi connectivity index (χ0) is 18.7. The summed E-state index contributed by atoms with van der Waals surface area (Å²) >= 11 is 0. The second-order valence-electron chi connectivity index (χ2n) is 6.00. The van der Waals surface area contributed by atoms with Crippen molar-refractivity contribution in [3.63, 3.8) is 0 Å². The van der Waals surface area contributed by atoms with Gasteiger partial charge in [-0.3, -0.25) is 4.79 Å². The zero-order valence-electron chi connectivity index (χ0n) is 14.6. The fraction of sp³-hybridized carbons (Fsp3) is 0.143. The van der Waals surface area contributed by atoms with Gasteiger partial charge >= 0.3 is 5.97 Å². The van der Waals surface area contributed by atoms with Gasteiger partial charge in [-0.2, -0.15) is 0 Å². The molecule has 0 spiro atoms. The Hall–Kier alpha value is -3.34. The lowest BCUT2D eigenvalue weighted by atomic mass is 10.1. The van der Waals surface area contributed by atoms with Crippen molar-refractivity contribution in [2.24, 2.45) is 0 Å². The van der Waals surface area contributed by atoms with E-state index in [0.717, 1.165) is 17.1 Å². The first-order chi connectivity index (χ1) is 12.5. The molecule has 26 heavy (non-hydrogen) atoms. The first-order valence-corrected chi connectivity index (χ1v) is 8.21. The van der Waals surface area contributed by atoms with Crippen molar-refractivity contribution in [2.75, 3.05) is 6.61 Å². The molecule has 0 saturated carbocycles. The van der Waals surface area contributed by atoms with E-state index >= 15 is 0 Å². The number of esters is 1. The minimum Gasteiger partial charge on any atom is -0.508 e. The molecule has 132 valence electrons. The van der Waals surface area contributed by atoms with Crippen molar-refractivity contribution in [2.45, 2.75) is 13.8 Å².